The lowest BCUT2D eigenvalue weighted by Gasteiger charge is -1.98. The summed E-state index contributed by atoms with van der Waals surface area (Å²) < 4.78 is 2.01. The van der Waals surface area contributed by atoms with Gasteiger partial charge in [-0.2, -0.15) is 10.4 Å². The summed E-state index contributed by atoms with van der Waals surface area (Å²) in [6.45, 7) is 0. The van der Waals surface area contributed by atoms with Crippen molar-refractivity contribution >= 4 is 34.7 Å². The molecule has 0 unspecified atom stereocenters. The van der Waals surface area contributed by atoms with E-state index in [4.69, 9.17) is 16.9 Å². The van der Waals surface area contributed by atoms with E-state index in [0.29, 0.717) is 14.8 Å². The Morgan fingerprint density at radius 2 is 2.41 bits per heavy atom. The number of carbonyl (C=O) groups excluding carboxylic acids is 1. The Bertz CT molecular complexity index is 610. The largest absolute Gasteiger partial charge is 0.303 e. The van der Waals surface area contributed by atoms with Crippen molar-refractivity contribution in [1.29, 1.82) is 5.26 Å². The van der Waals surface area contributed by atoms with Gasteiger partial charge in [-0.15, -0.1) is 11.3 Å². The van der Waals surface area contributed by atoms with Crippen LogP contribution in [-0.4, -0.2) is 15.7 Å². The molecule has 2 aromatic heterocycles. The minimum absolute atomic E-state index is 0.254. The number of amides is 1. The molecule has 2 rings (SSSR count). The number of aryl methyl sites for hydroxylation is 1. The predicted octanol–water partition coefficient (Wildman–Crippen LogP) is 2.26. The maximum Gasteiger partial charge on any atom is 0.267 e. The van der Waals surface area contributed by atoms with E-state index in [0.717, 1.165) is 0 Å². The molecule has 0 bridgehead atoms. The van der Waals surface area contributed by atoms with Crippen molar-refractivity contribution in [1.82, 2.24) is 9.78 Å². The number of anilines is 1. The fourth-order valence-corrected chi connectivity index (χ4v) is 2.21. The first-order valence-corrected chi connectivity index (χ1v) is 5.80. The number of hydrogen-bond acceptors (Lipinski definition) is 4. The normalized spacial score (nSPS) is 9.94. The van der Waals surface area contributed by atoms with E-state index in [2.05, 4.69) is 10.4 Å². The average Bonchev–Trinajstić information content (AvgIpc) is 2.85. The van der Waals surface area contributed by atoms with Crippen LogP contribution in [0.2, 0.25) is 4.34 Å². The van der Waals surface area contributed by atoms with E-state index >= 15 is 0 Å². The highest BCUT2D eigenvalue weighted by Gasteiger charge is 2.13. The predicted molar refractivity (Wildman–Crippen MR) is 65.2 cm³/mol. The molecule has 0 aliphatic heterocycles. The zero-order valence-electron chi connectivity index (χ0n) is 8.77. The molecule has 0 radical (unpaired) electrons. The average molecular weight is 267 g/mol. The first-order chi connectivity index (χ1) is 8.10. The summed E-state index contributed by atoms with van der Waals surface area (Å²) in [4.78, 5) is 12.3. The number of carbonyl (C=O) groups is 1. The topological polar surface area (TPSA) is 70.7 Å². The van der Waals surface area contributed by atoms with Crippen LogP contribution in [0.25, 0.3) is 0 Å². The van der Waals surface area contributed by atoms with Gasteiger partial charge in [0.25, 0.3) is 5.91 Å². The van der Waals surface area contributed by atoms with Gasteiger partial charge in [0.15, 0.2) is 5.82 Å². The van der Waals surface area contributed by atoms with E-state index < -0.39 is 0 Å². The Balaban J connectivity index is 2.21. The summed E-state index contributed by atoms with van der Waals surface area (Å²) in [5.41, 5.74) is 0.323. The van der Waals surface area contributed by atoms with Gasteiger partial charge in [-0.05, 0) is 12.1 Å². The number of nitrogens with zero attached hydrogens (tertiary/aromatic N) is 3. The van der Waals surface area contributed by atoms with Gasteiger partial charge in [0.05, 0.1) is 9.21 Å². The van der Waals surface area contributed by atoms with Crippen LogP contribution in [0.5, 0.6) is 0 Å². The van der Waals surface area contributed by atoms with E-state index in [1.165, 1.54) is 22.2 Å². The number of halogens is 1. The molecule has 5 nitrogen and oxygen atoms in total. The molecular weight excluding hydrogens is 260 g/mol. The van der Waals surface area contributed by atoms with E-state index in [-0.39, 0.29) is 11.7 Å². The summed E-state index contributed by atoms with van der Waals surface area (Å²) in [5, 5.41) is 15.4. The fraction of sp³-hybridized carbons (Fsp3) is 0.100. The molecule has 0 atom stereocenters. The number of nitrogens with one attached hydrogen (secondary N) is 1. The van der Waals surface area contributed by atoms with Crippen LogP contribution in [0, 0.1) is 11.3 Å². The minimum atomic E-state index is -0.322. The highest BCUT2D eigenvalue weighted by Crippen LogP contribution is 2.22. The Labute approximate surface area is 106 Å². The van der Waals surface area contributed by atoms with Crippen molar-refractivity contribution in [2.24, 2.45) is 7.05 Å². The van der Waals surface area contributed by atoms with Crippen molar-refractivity contribution < 1.29 is 4.79 Å². The monoisotopic (exact) mass is 266 g/mol. The van der Waals surface area contributed by atoms with Gasteiger partial charge in [0, 0.05) is 13.2 Å². The van der Waals surface area contributed by atoms with Crippen LogP contribution in [0.15, 0.2) is 18.3 Å². The highest BCUT2D eigenvalue weighted by atomic mass is 35.5. The molecule has 17 heavy (non-hydrogen) atoms. The Morgan fingerprint density at radius 3 is 3.00 bits per heavy atom. The third-order valence-electron chi connectivity index (χ3n) is 1.98. The van der Waals surface area contributed by atoms with Crippen LogP contribution >= 0.6 is 22.9 Å². The van der Waals surface area contributed by atoms with E-state index in [1.807, 2.05) is 6.07 Å². The van der Waals surface area contributed by atoms with Crippen molar-refractivity contribution in [2.45, 2.75) is 0 Å². The fourth-order valence-electron chi connectivity index (χ4n) is 1.27. The molecular formula is C10H7ClN4OS. The number of aromatic nitrogens is 2. The molecule has 0 saturated carbocycles. The molecule has 0 saturated heterocycles. The van der Waals surface area contributed by atoms with Gasteiger partial charge in [-0.3, -0.25) is 9.48 Å². The van der Waals surface area contributed by atoms with Crippen molar-refractivity contribution in [3.63, 3.8) is 0 Å². The number of nitriles is 1. The van der Waals surface area contributed by atoms with Crippen molar-refractivity contribution in [3.05, 3.63) is 33.1 Å². The molecule has 7 heteroatoms. The number of thiophene rings is 1. The Kier molecular flexibility index (Phi) is 3.13. The lowest BCUT2D eigenvalue weighted by Crippen LogP contribution is -2.11. The standard InChI is InChI=1S/C10H7ClN4OS/c1-15-5-6(4-12)9(14-15)13-10(16)7-2-3-8(11)17-7/h2-3,5H,1H3,(H,13,14,16). The quantitative estimate of drug-likeness (QED) is 0.906. The molecule has 1 N–H and O–H groups in total. The Hall–Kier alpha value is -1.84. The van der Waals surface area contributed by atoms with Crippen LogP contribution in [0.1, 0.15) is 15.2 Å². The van der Waals surface area contributed by atoms with Crippen LogP contribution in [-0.2, 0) is 7.05 Å². The first kappa shape index (κ1) is 11.6. The lowest BCUT2D eigenvalue weighted by atomic mass is 10.3. The molecule has 2 aromatic rings. The molecule has 0 fully saturated rings. The second-order valence-corrected chi connectivity index (χ2v) is 4.95. The molecule has 0 spiro atoms. The number of hydrogen-bond donors (Lipinski definition) is 1. The van der Waals surface area contributed by atoms with Crippen LogP contribution in [0.4, 0.5) is 5.82 Å². The van der Waals surface area contributed by atoms with Gasteiger partial charge < -0.3 is 5.32 Å². The summed E-state index contributed by atoms with van der Waals surface area (Å²) >= 11 is 6.91. The molecule has 86 valence electrons. The van der Waals surface area contributed by atoms with Crippen molar-refractivity contribution in [3.8, 4) is 6.07 Å². The summed E-state index contributed by atoms with van der Waals surface area (Å²) in [6, 6.07) is 5.22. The number of rotatable bonds is 2. The van der Waals surface area contributed by atoms with Crippen molar-refractivity contribution in [2.75, 3.05) is 5.32 Å². The van der Waals surface area contributed by atoms with E-state index in [1.54, 1.807) is 19.2 Å². The first-order valence-electron chi connectivity index (χ1n) is 4.60. The third-order valence-corrected chi connectivity index (χ3v) is 3.21. The SMILES string of the molecule is Cn1cc(C#N)c(NC(=O)c2ccc(Cl)s2)n1. The van der Waals surface area contributed by atoms with Gasteiger partial charge in [-0.1, -0.05) is 11.6 Å². The zero-order chi connectivity index (χ0) is 12.4. The van der Waals surface area contributed by atoms with Gasteiger partial charge in [0.1, 0.15) is 11.6 Å². The zero-order valence-corrected chi connectivity index (χ0v) is 10.3. The molecule has 1 amide bonds. The molecule has 0 aromatic carbocycles. The Morgan fingerprint density at radius 1 is 1.65 bits per heavy atom. The molecule has 0 aliphatic rings. The third kappa shape index (κ3) is 2.46. The second kappa shape index (κ2) is 4.57. The smallest absolute Gasteiger partial charge is 0.267 e. The summed E-state index contributed by atoms with van der Waals surface area (Å²) in [5.74, 6) is -0.0679. The van der Waals surface area contributed by atoms with E-state index in [9.17, 15) is 4.79 Å². The lowest BCUT2D eigenvalue weighted by molar-refractivity contribution is 0.103. The van der Waals surface area contributed by atoms with Crippen LogP contribution in [0.3, 0.4) is 0 Å². The maximum atomic E-state index is 11.8. The molecule has 2 heterocycles. The van der Waals surface area contributed by atoms with Gasteiger partial charge in [-0.25, -0.2) is 0 Å². The summed E-state index contributed by atoms with van der Waals surface area (Å²) in [6.07, 6.45) is 1.54. The maximum absolute atomic E-state index is 11.8. The minimum Gasteiger partial charge on any atom is -0.303 e. The summed E-state index contributed by atoms with van der Waals surface area (Å²) in [7, 11) is 1.68. The van der Waals surface area contributed by atoms with Gasteiger partial charge >= 0.3 is 0 Å². The highest BCUT2D eigenvalue weighted by molar-refractivity contribution is 7.18. The van der Waals surface area contributed by atoms with Gasteiger partial charge in [0.2, 0.25) is 0 Å². The molecule has 0 aliphatic carbocycles. The second-order valence-electron chi connectivity index (χ2n) is 3.23. The van der Waals surface area contributed by atoms with Crippen LogP contribution < -0.4 is 5.32 Å².